The number of ether oxygens (including phenoxy) is 1. The monoisotopic (exact) mass is 398 g/mol. The van der Waals surface area contributed by atoms with Gasteiger partial charge < -0.3 is 0 Å². The fourth-order valence-electron chi connectivity index (χ4n) is 2.75. The maximum absolute atomic E-state index is 10.4. The van der Waals surface area contributed by atoms with Gasteiger partial charge in [-0.05, 0) is 7.05 Å². The van der Waals surface area contributed by atoms with E-state index in [1.165, 1.54) is 26.2 Å². The molecule has 6 heteroatoms. The first-order valence-electron chi connectivity index (χ1n) is 7.57. The van der Waals surface area contributed by atoms with Gasteiger partial charge in [-0.15, -0.1) is 0 Å². The van der Waals surface area contributed by atoms with Gasteiger partial charge in [0.2, 0.25) is 0 Å². The average molecular weight is 398 g/mol. The molecule has 0 unspecified atom stereocenters. The molecule has 0 bridgehead atoms. The minimum absolute atomic E-state index is 0.268. The number of piperazine rings is 1. The second kappa shape index (κ2) is 8.24. The van der Waals surface area contributed by atoms with Crippen molar-refractivity contribution in [2.75, 3.05) is 71.0 Å². The normalized spacial score (nSPS) is 26.1. The van der Waals surface area contributed by atoms with Crippen molar-refractivity contribution in [3.8, 4) is 0 Å². The number of hydrogen-bond acceptors (Lipinski definition) is 5. The Balaban J connectivity index is 1.55. The fourth-order valence-corrected chi connectivity index (χ4v) is 4.15. The van der Waals surface area contributed by atoms with Crippen molar-refractivity contribution in [1.29, 1.82) is 0 Å². The van der Waals surface area contributed by atoms with E-state index in [0.29, 0.717) is 6.61 Å². The number of aliphatic hydroxyl groups is 1. The summed E-state index contributed by atoms with van der Waals surface area (Å²) >= 11 is 0.268. The summed E-state index contributed by atoms with van der Waals surface area (Å²) in [5.74, 6) is 0. The van der Waals surface area contributed by atoms with Gasteiger partial charge in [0.15, 0.2) is 0 Å². The molecule has 0 spiro atoms. The summed E-state index contributed by atoms with van der Waals surface area (Å²) in [5, 5.41) is 10.4. The number of likely N-dealkylation sites (tertiary alicyclic amines) is 1. The predicted molar refractivity (Wildman–Crippen MR) is 76.4 cm³/mol. The molecule has 2 aliphatic rings. The van der Waals surface area contributed by atoms with E-state index in [1.807, 2.05) is 0 Å². The molecule has 2 heterocycles. The van der Waals surface area contributed by atoms with E-state index in [1.54, 1.807) is 0 Å². The molecule has 0 aromatic rings. The van der Waals surface area contributed by atoms with Gasteiger partial charge >= 0.3 is 127 Å². The fraction of sp³-hybridized carbons (Fsp3) is 1.00. The molecule has 2 saturated heterocycles. The van der Waals surface area contributed by atoms with Crippen LogP contribution in [-0.4, -0.2) is 94.6 Å². The van der Waals surface area contributed by atoms with Crippen LogP contribution in [-0.2, 0) is 4.74 Å². The molecule has 0 atom stereocenters. The van der Waals surface area contributed by atoms with Crippen molar-refractivity contribution < 1.29 is 31.3 Å². The van der Waals surface area contributed by atoms with E-state index >= 15 is 0 Å². The molecule has 1 N–H and O–H groups in total. The van der Waals surface area contributed by atoms with Gasteiger partial charge in [0.25, 0.3) is 0 Å². The van der Waals surface area contributed by atoms with E-state index in [9.17, 15) is 5.11 Å². The molecule has 0 aromatic carbocycles. The number of hydrogen-bond donors (Lipinski definition) is 1. The zero-order chi connectivity index (χ0) is 14.4. The summed E-state index contributed by atoms with van der Waals surface area (Å²) in [7, 11) is 2.11. The first kappa shape index (κ1) is 16.9. The number of rotatable bonds is 6. The van der Waals surface area contributed by atoms with E-state index in [0.717, 1.165) is 39.1 Å². The predicted octanol–water partition coefficient (Wildman–Crippen LogP) is -3.29. The van der Waals surface area contributed by atoms with Crippen LogP contribution in [0.2, 0.25) is 0 Å². The van der Waals surface area contributed by atoms with Crippen LogP contribution in [0.3, 0.4) is 0 Å². The van der Waals surface area contributed by atoms with Crippen molar-refractivity contribution in [2.45, 2.75) is 18.4 Å². The van der Waals surface area contributed by atoms with Crippen LogP contribution < -0.4 is 21.5 Å². The summed E-state index contributed by atoms with van der Waals surface area (Å²) in [4.78, 5) is 7.08. The van der Waals surface area contributed by atoms with Crippen LogP contribution in [0, 0.1) is 0 Å². The molecule has 5 nitrogen and oxygen atoms in total. The number of halogens is 1. The molecule has 2 aliphatic heterocycles. The zero-order valence-corrected chi connectivity index (χ0v) is 15.0. The van der Waals surface area contributed by atoms with E-state index < -0.39 is 5.60 Å². The van der Waals surface area contributed by atoms with Crippen molar-refractivity contribution >= 4 is 0 Å². The summed E-state index contributed by atoms with van der Waals surface area (Å²) in [6.07, 6.45) is 1.67. The van der Waals surface area contributed by atoms with Crippen LogP contribution in [0.5, 0.6) is 0 Å². The summed E-state index contributed by atoms with van der Waals surface area (Å²) < 4.78 is 8.35. The SMILES string of the molecule is C[I-]N1CCN(CCOCC2(O)CCN(C)CC2)CC1. The van der Waals surface area contributed by atoms with Crippen molar-refractivity contribution in [2.24, 2.45) is 0 Å². The standard InChI is InChI=1S/C14H29IN3O2/c1-15-18-9-7-17(8-10-18)11-12-20-13-14(19)3-5-16(2)6-4-14/h19H,3-13H2,1-2H3/q-1. The van der Waals surface area contributed by atoms with Crippen molar-refractivity contribution in [3.63, 3.8) is 0 Å². The molecule has 2 rings (SSSR count). The Kier molecular flexibility index (Phi) is 6.96. The van der Waals surface area contributed by atoms with E-state index in [2.05, 4.69) is 24.9 Å². The zero-order valence-electron chi connectivity index (χ0n) is 12.9. The Hall–Kier alpha value is 0.530. The molecule has 2 fully saturated rings. The number of nitrogens with zero attached hydrogens (tertiary/aromatic N) is 3. The van der Waals surface area contributed by atoms with Gasteiger partial charge in [-0.25, -0.2) is 0 Å². The van der Waals surface area contributed by atoms with Gasteiger partial charge in [0, 0.05) is 0 Å². The van der Waals surface area contributed by atoms with E-state index in [4.69, 9.17) is 4.74 Å². The first-order chi connectivity index (χ1) is 9.61. The first-order valence-corrected chi connectivity index (χ1v) is 10.7. The number of alkyl halides is 1. The van der Waals surface area contributed by atoms with Gasteiger partial charge in [-0.3, -0.25) is 0 Å². The number of piperidine rings is 1. The Bertz CT molecular complexity index is 278. The molecule has 0 aliphatic carbocycles. The van der Waals surface area contributed by atoms with Crippen molar-refractivity contribution in [1.82, 2.24) is 12.9 Å². The molecule has 120 valence electrons. The van der Waals surface area contributed by atoms with E-state index in [-0.39, 0.29) is 21.5 Å². The summed E-state index contributed by atoms with van der Waals surface area (Å²) in [6, 6.07) is 0. The molecular weight excluding hydrogens is 369 g/mol. The van der Waals surface area contributed by atoms with Crippen LogP contribution in [0.4, 0.5) is 0 Å². The molecule has 20 heavy (non-hydrogen) atoms. The van der Waals surface area contributed by atoms with Crippen LogP contribution in [0.25, 0.3) is 0 Å². The second-order valence-electron chi connectivity index (χ2n) is 6.00. The minimum atomic E-state index is -0.585. The topological polar surface area (TPSA) is 39.2 Å². The van der Waals surface area contributed by atoms with Gasteiger partial charge in [0.05, 0.1) is 0 Å². The Morgan fingerprint density at radius 2 is 1.75 bits per heavy atom. The summed E-state index contributed by atoms with van der Waals surface area (Å²) in [6.45, 7) is 8.99. The maximum atomic E-state index is 10.4. The Morgan fingerprint density at radius 3 is 2.35 bits per heavy atom. The molecule has 0 radical (unpaired) electrons. The quantitative estimate of drug-likeness (QED) is 0.220. The molecular formula is C14H29IN3O2-. The third-order valence-electron chi connectivity index (χ3n) is 4.40. The van der Waals surface area contributed by atoms with Crippen LogP contribution in [0.1, 0.15) is 12.8 Å². The van der Waals surface area contributed by atoms with Crippen LogP contribution >= 0.6 is 0 Å². The Morgan fingerprint density at radius 1 is 1.10 bits per heavy atom. The second-order valence-corrected chi connectivity index (χ2v) is 8.33. The molecule has 0 amide bonds. The third kappa shape index (κ3) is 5.38. The van der Waals surface area contributed by atoms with Gasteiger partial charge in [-0.1, -0.05) is 0 Å². The van der Waals surface area contributed by atoms with Gasteiger partial charge in [0.1, 0.15) is 0 Å². The Labute approximate surface area is 133 Å². The average Bonchev–Trinajstić information content (AvgIpc) is 2.48. The van der Waals surface area contributed by atoms with Gasteiger partial charge in [-0.2, -0.15) is 0 Å². The summed E-state index contributed by atoms with van der Waals surface area (Å²) in [5.41, 5.74) is -0.585. The van der Waals surface area contributed by atoms with Crippen LogP contribution in [0.15, 0.2) is 0 Å². The molecule has 0 saturated carbocycles. The molecule has 0 aromatic heterocycles. The third-order valence-corrected chi connectivity index (χ3v) is 6.73. The van der Waals surface area contributed by atoms with Crippen molar-refractivity contribution in [3.05, 3.63) is 0 Å².